The third-order valence-electron chi connectivity index (χ3n) is 3.58. The van der Waals surface area contributed by atoms with Crippen molar-refractivity contribution in [2.45, 2.75) is 12.5 Å². The number of rotatable bonds is 8. The molecule has 2 aromatic carbocycles. The molecule has 0 aliphatic heterocycles. The Hall–Kier alpha value is -3.35. The molecule has 1 unspecified atom stereocenters. The fourth-order valence-electron chi connectivity index (χ4n) is 2.23. The first-order valence-electron chi connectivity index (χ1n) is 7.85. The second kappa shape index (κ2) is 9.22. The van der Waals surface area contributed by atoms with Crippen molar-refractivity contribution >= 4 is 18.2 Å². The molecule has 2 aromatic rings. The van der Waals surface area contributed by atoms with Gasteiger partial charge in [0.15, 0.2) is 6.61 Å². The van der Waals surface area contributed by atoms with Gasteiger partial charge in [0.05, 0.1) is 7.11 Å². The zero-order valence-electron chi connectivity index (χ0n) is 14.2. The summed E-state index contributed by atoms with van der Waals surface area (Å²) < 4.78 is 10.1. The van der Waals surface area contributed by atoms with Crippen LogP contribution in [0.4, 0.5) is 0 Å². The predicted octanol–water partition coefficient (Wildman–Crippen LogP) is 1.48. The molecule has 1 atom stereocenters. The van der Waals surface area contributed by atoms with E-state index in [0.29, 0.717) is 17.6 Å². The van der Waals surface area contributed by atoms with Crippen molar-refractivity contribution in [1.29, 1.82) is 0 Å². The molecule has 0 saturated carbocycles. The van der Waals surface area contributed by atoms with Gasteiger partial charge in [-0.1, -0.05) is 12.1 Å². The van der Waals surface area contributed by atoms with Crippen LogP contribution in [0.2, 0.25) is 0 Å². The van der Waals surface area contributed by atoms with Crippen molar-refractivity contribution in [3.8, 4) is 11.5 Å². The number of aldehydes is 1. The number of benzene rings is 2. The molecule has 0 fully saturated rings. The maximum absolute atomic E-state index is 12.1. The highest BCUT2D eigenvalue weighted by Crippen LogP contribution is 2.13. The van der Waals surface area contributed by atoms with E-state index in [1.807, 2.05) is 0 Å². The molecule has 26 heavy (non-hydrogen) atoms. The van der Waals surface area contributed by atoms with Crippen molar-refractivity contribution in [2.24, 2.45) is 0 Å². The van der Waals surface area contributed by atoms with Gasteiger partial charge in [-0.2, -0.15) is 0 Å². The fourth-order valence-corrected chi connectivity index (χ4v) is 2.23. The van der Waals surface area contributed by atoms with Gasteiger partial charge in [0, 0.05) is 12.0 Å². The second-order valence-corrected chi connectivity index (χ2v) is 5.49. The number of aromatic hydroxyl groups is 1. The Balaban J connectivity index is 1.93. The number of hydrogen-bond donors (Lipinski definition) is 2. The number of nitrogens with one attached hydrogen (secondary N) is 1. The number of phenols is 1. The van der Waals surface area contributed by atoms with Gasteiger partial charge < -0.3 is 19.9 Å². The van der Waals surface area contributed by atoms with Crippen molar-refractivity contribution < 1.29 is 29.0 Å². The van der Waals surface area contributed by atoms with Gasteiger partial charge in [-0.15, -0.1) is 0 Å². The number of methoxy groups -OCH3 is 1. The van der Waals surface area contributed by atoms with Crippen LogP contribution in [0.25, 0.3) is 0 Å². The van der Waals surface area contributed by atoms with Crippen LogP contribution < -0.4 is 10.1 Å². The van der Waals surface area contributed by atoms with Gasteiger partial charge >= 0.3 is 5.97 Å². The average Bonchev–Trinajstić information content (AvgIpc) is 2.67. The Bertz CT molecular complexity index is 755. The molecule has 0 saturated heterocycles. The largest absolute Gasteiger partial charge is 0.508 e. The van der Waals surface area contributed by atoms with E-state index >= 15 is 0 Å². The highest BCUT2D eigenvalue weighted by atomic mass is 16.5. The van der Waals surface area contributed by atoms with Crippen LogP contribution in [0.5, 0.6) is 11.5 Å². The molecule has 1 amide bonds. The molecule has 7 nitrogen and oxygen atoms in total. The Kier molecular flexibility index (Phi) is 6.73. The average molecular weight is 357 g/mol. The number of hydrogen-bond acceptors (Lipinski definition) is 6. The van der Waals surface area contributed by atoms with Gasteiger partial charge in [0.25, 0.3) is 5.91 Å². The Morgan fingerprint density at radius 1 is 1.12 bits per heavy atom. The number of phenolic OH excluding ortho intramolecular Hbond substituents is 1. The van der Waals surface area contributed by atoms with Gasteiger partial charge in [0.1, 0.15) is 23.8 Å². The smallest absolute Gasteiger partial charge is 0.328 e. The number of esters is 1. The number of amides is 1. The standard InChI is InChI=1S/C19H19NO6/c1-25-19(24)17(10-13-2-6-15(22)7-3-13)20-18(23)12-26-16-8-4-14(11-21)5-9-16/h2-9,11,17,22H,10,12H2,1H3,(H,20,23). The molecule has 0 aliphatic carbocycles. The molecule has 0 radical (unpaired) electrons. The van der Waals surface area contributed by atoms with Crippen molar-refractivity contribution in [3.63, 3.8) is 0 Å². The van der Waals surface area contributed by atoms with Crippen LogP contribution in [0, 0.1) is 0 Å². The zero-order chi connectivity index (χ0) is 18.9. The molecule has 0 aromatic heterocycles. The van der Waals surface area contributed by atoms with Crippen LogP contribution in [0.1, 0.15) is 15.9 Å². The summed E-state index contributed by atoms with van der Waals surface area (Å²) in [5.41, 5.74) is 1.25. The van der Waals surface area contributed by atoms with Gasteiger partial charge in [-0.25, -0.2) is 4.79 Å². The lowest BCUT2D eigenvalue weighted by Crippen LogP contribution is -2.44. The van der Waals surface area contributed by atoms with Gasteiger partial charge in [0.2, 0.25) is 0 Å². The lowest BCUT2D eigenvalue weighted by Gasteiger charge is -2.17. The minimum atomic E-state index is -0.877. The maximum atomic E-state index is 12.1. The summed E-state index contributed by atoms with van der Waals surface area (Å²) in [4.78, 5) is 34.6. The first-order chi connectivity index (χ1) is 12.5. The van der Waals surface area contributed by atoms with E-state index in [0.717, 1.165) is 5.56 Å². The first kappa shape index (κ1) is 19.0. The molecule has 0 bridgehead atoms. The predicted molar refractivity (Wildman–Crippen MR) is 93.1 cm³/mol. The lowest BCUT2D eigenvalue weighted by molar-refractivity contribution is -0.145. The summed E-state index contributed by atoms with van der Waals surface area (Å²) in [6, 6.07) is 11.7. The molecule has 136 valence electrons. The number of carbonyl (C=O) groups is 3. The Labute approximate surface area is 150 Å². The monoisotopic (exact) mass is 357 g/mol. The quantitative estimate of drug-likeness (QED) is 0.548. The van der Waals surface area contributed by atoms with E-state index in [1.165, 1.54) is 19.2 Å². The Morgan fingerprint density at radius 3 is 2.35 bits per heavy atom. The zero-order valence-corrected chi connectivity index (χ0v) is 14.2. The second-order valence-electron chi connectivity index (χ2n) is 5.49. The molecule has 0 spiro atoms. The third-order valence-corrected chi connectivity index (χ3v) is 3.58. The SMILES string of the molecule is COC(=O)C(Cc1ccc(O)cc1)NC(=O)COc1ccc(C=O)cc1. The van der Waals surface area contributed by atoms with Crippen LogP contribution in [-0.2, 0) is 20.7 Å². The van der Waals surface area contributed by atoms with Crippen LogP contribution in [0.3, 0.4) is 0 Å². The normalized spacial score (nSPS) is 11.3. The minimum Gasteiger partial charge on any atom is -0.508 e. The van der Waals surface area contributed by atoms with Crippen molar-refractivity contribution in [1.82, 2.24) is 5.32 Å². The van der Waals surface area contributed by atoms with E-state index in [4.69, 9.17) is 9.47 Å². The van der Waals surface area contributed by atoms with Gasteiger partial charge in [-0.3, -0.25) is 9.59 Å². The van der Waals surface area contributed by atoms with E-state index in [2.05, 4.69) is 5.32 Å². The summed E-state index contributed by atoms with van der Waals surface area (Å²) >= 11 is 0. The summed E-state index contributed by atoms with van der Waals surface area (Å²) in [6.07, 6.45) is 0.924. The molecular formula is C19H19NO6. The van der Waals surface area contributed by atoms with E-state index < -0.39 is 17.9 Å². The van der Waals surface area contributed by atoms with Crippen LogP contribution in [-0.4, -0.2) is 43.0 Å². The van der Waals surface area contributed by atoms with Crippen molar-refractivity contribution in [3.05, 3.63) is 59.7 Å². The third kappa shape index (κ3) is 5.62. The molecule has 2 N–H and O–H groups in total. The number of ether oxygens (including phenoxy) is 2. The van der Waals surface area contributed by atoms with Crippen molar-refractivity contribution in [2.75, 3.05) is 13.7 Å². The molecule has 7 heteroatoms. The summed E-state index contributed by atoms with van der Waals surface area (Å²) in [7, 11) is 1.24. The lowest BCUT2D eigenvalue weighted by atomic mass is 10.1. The summed E-state index contributed by atoms with van der Waals surface area (Å²) in [5.74, 6) is -0.527. The van der Waals surface area contributed by atoms with E-state index in [-0.39, 0.29) is 18.8 Å². The highest BCUT2D eigenvalue weighted by molar-refractivity contribution is 5.85. The fraction of sp³-hybridized carbons (Fsp3) is 0.211. The summed E-state index contributed by atoms with van der Waals surface area (Å²) in [6.45, 7) is -0.288. The van der Waals surface area contributed by atoms with Gasteiger partial charge in [-0.05, 0) is 42.0 Å². The first-order valence-corrected chi connectivity index (χ1v) is 7.85. The molecule has 0 aliphatic rings. The summed E-state index contributed by atoms with van der Waals surface area (Å²) in [5, 5.41) is 11.9. The molecule has 0 heterocycles. The van der Waals surface area contributed by atoms with Crippen LogP contribution >= 0.6 is 0 Å². The Morgan fingerprint density at radius 2 is 1.77 bits per heavy atom. The topological polar surface area (TPSA) is 102 Å². The number of carbonyl (C=O) groups excluding carboxylic acids is 3. The molecular weight excluding hydrogens is 338 g/mol. The maximum Gasteiger partial charge on any atom is 0.328 e. The minimum absolute atomic E-state index is 0.112. The molecule has 2 rings (SSSR count). The van der Waals surface area contributed by atoms with Crippen LogP contribution in [0.15, 0.2) is 48.5 Å². The highest BCUT2D eigenvalue weighted by Gasteiger charge is 2.22. The van der Waals surface area contributed by atoms with E-state index in [9.17, 15) is 19.5 Å². The van der Waals surface area contributed by atoms with E-state index in [1.54, 1.807) is 36.4 Å².